The number of hydrogen-bond donors (Lipinski definition) is 1. The predicted molar refractivity (Wildman–Crippen MR) is 86.7 cm³/mol. The van der Waals surface area contributed by atoms with Gasteiger partial charge in [-0.15, -0.1) is 0 Å². The smallest absolute Gasteiger partial charge is 0.153 e. The molecule has 0 saturated heterocycles. The highest BCUT2D eigenvalue weighted by Gasteiger charge is 2.22. The van der Waals surface area contributed by atoms with E-state index < -0.39 is 0 Å². The van der Waals surface area contributed by atoms with Gasteiger partial charge in [0.25, 0.3) is 0 Å². The van der Waals surface area contributed by atoms with Crippen molar-refractivity contribution in [3.8, 4) is 0 Å². The number of pyridine rings is 1. The third-order valence-corrected chi connectivity index (χ3v) is 4.69. The molecule has 1 aromatic carbocycles. The molecule has 3 aromatic rings. The third-order valence-electron chi connectivity index (χ3n) is 4.69. The number of rotatable bonds is 1. The van der Waals surface area contributed by atoms with E-state index in [0.29, 0.717) is 5.39 Å². The van der Waals surface area contributed by atoms with Gasteiger partial charge in [-0.25, -0.2) is 9.37 Å². The molecule has 0 atom stereocenters. The number of nitrogens with zero attached hydrogens (tertiary/aromatic N) is 2. The minimum absolute atomic E-state index is 0.252. The number of H-pyrrole nitrogens is 1. The van der Waals surface area contributed by atoms with Crippen LogP contribution in [-0.2, 0) is 13.0 Å². The molecule has 1 aliphatic rings. The first-order chi connectivity index (χ1) is 10.6. The number of aromatic amines is 1. The summed E-state index contributed by atoms with van der Waals surface area (Å²) in [7, 11) is 0. The Morgan fingerprint density at radius 3 is 2.77 bits per heavy atom. The largest absolute Gasteiger partial charge is 0.355 e. The van der Waals surface area contributed by atoms with Crippen LogP contribution in [0.2, 0.25) is 0 Å². The van der Waals surface area contributed by atoms with Gasteiger partial charge in [-0.05, 0) is 37.0 Å². The number of hydrogen-bond acceptors (Lipinski definition) is 2. The van der Waals surface area contributed by atoms with E-state index in [4.69, 9.17) is 0 Å². The molecule has 0 bridgehead atoms. The lowest BCUT2D eigenvalue weighted by Gasteiger charge is -2.30. The van der Waals surface area contributed by atoms with Crippen molar-refractivity contribution in [1.82, 2.24) is 9.97 Å². The second-order valence-electron chi connectivity index (χ2n) is 6.00. The highest BCUT2D eigenvalue weighted by atomic mass is 19.1. The van der Waals surface area contributed by atoms with Crippen LogP contribution in [0.25, 0.3) is 10.9 Å². The van der Waals surface area contributed by atoms with E-state index in [2.05, 4.69) is 39.1 Å². The highest BCUT2D eigenvalue weighted by molar-refractivity contribution is 5.93. The van der Waals surface area contributed by atoms with Crippen molar-refractivity contribution >= 4 is 16.7 Å². The van der Waals surface area contributed by atoms with Crippen LogP contribution in [0.1, 0.15) is 22.4 Å². The van der Waals surface area contributed by atoms with Crippen molar-refractivity contribution in [3.05, 3.63) is 58.7 Å². The Bertz CT molecular complexity index is 866. The fourth-order valence-corrected chi connectivity index (χ4v) is 3.35. The zero-order valence-corrected chi connectivity index (χ0v) is 12.8. The number of halogens is 1. The summed E-state index contributed by atoms with van der Waals surface area (Å²) < 4.78 is 14.1. The molecule has 2 aromatic heterocycles. The Balaban J connectivity index is 1.83. The van der Waals surface area contributed by atoms with Gasteiger partial charge < -0.3 is 9.88 Å². The second kappa shape index (κ2) is 4.83. The molecular weight excluding hydrogens is 277 g/mol. The molecule has 0 unspecified atom stereocenters. The first kappa shape index (κ1) is 13.3. The van der Waals surface area contributed by atoms with Gasteiger partial charge >= 0.3 is 0 Å². The van der Waals surface area contributed by atoms with Crippen LogP contribution in [0.5, 0.6) is 0 Å². The number of benzene rings is 1. The molecule has 0 amide bonds. The number of aromatic nitrogens is 2. The average molecular weight is 295 g/mol. The normalized spacial score (nSPS) is 14.4. The van der Waals surface area contributed by atoms with E-state index >= 15 is 0 Å². The summed E-state index contributed by atoms with van der Waals surface area (Å²) in [5.74, 6) is 0.597. The Hall–Kier alpha value is -2.36. The van der Waals surface area contributed by atoms with Gasteiger partial charge in [0.1, 0.15) is 0 Å². The van der Waals surface area contributed by atoms with Gasteiger partial charge in [-0.2, -0.15) is 0 Å². The molecule has 0 fully saturated rings. The van der Waals surface area contributed by atoms with Crippen molar-refractivity contribution in [3.63, 3.8) is 0 Å². The fourth-order valence-electron chi connectivity index (χ4n) is 3.35. The van der Waals surface area contributed by atoms with E-state index in [1.807, 2.05) is 13.8 Å². The maximum Gasteiger partial charge on any atom is 0.153 e. The Kier molecular flexibility index (Phi) is 2.93. The van der Waals surface area contributed by atoms with E-state index in [0.717, 1.165) is 42.1 Å². The van der Waals surface area contributed by atoms with Crippen LogP contribution in [0.15, 0.2) is 30.5 Å². The monoisotopic (exact) mass is 295 g/mol. The average Bonchev–Trinajstić information content (AvgIpc) is 2.83. The Morgan fingerprint density at radius 2 is 1.95 bits per heavy atom. The minimum atomic E-state index is -0.252. The lowest BCUT2D eigenvalue weighted by Crippen LogP contribution is -2.31. The summed E-state index contributed by atoms with van der Waals surface area (Å²) in [6.07, 6.45) is 2.34. The quantitative estimate of drug-likeness (QED) is 0.739. The standard InChI is InChI=1S/C18H18FN3/c1-11-12(2)21-17-16(11)15(19)9-20-18(17)22-8-7-13-5-3-4-6-14(13)10-22/h3-6,9,21H,7-8,10H2,1-2H3. The molecular formula is C18H18FN3. The highest BCUT2D eigenvalue weighted by Crippen LogP contribution is 2.32. The first-order valence-corrected chi connectivity index (χ1v) is 7.60. The molecule has 1 N–H and O–H groups in total. The molecule has 0 spiro atoms. The summed E-state index contributed by atoms with van der Waals surface area (Å²) in [6, 6.07) is 8.50. The lowest BCUT2D eigenvalue weighted by molar-refractivity contribution is 0.631. The van der Waals surface area contributed by atoms with Gasteiger partial charge in [0.15, 0.2) is 11.6 Å². The molecule has 4 rings (SSSR count). The third kappa shape index (κ3) is 1.90. The molecule has 0 radical (unpaired) electrons. The molecule has 112 valence electrons. The van der Waals surface area contributed by atoms with Crippen molar-refractivity contribution in [2.75, 3.05) is 11.4 Å². The maximum absolute atomic E-state index is 14.1. The molecule has 0 saturated carbocycles. The van der Waals surface area contributed by atoms with E-state index in [1.165, 1.54) is 17.3 Å². The molecule has 0 aliphatic carbocycles. The zero-order valence-electron chi connectivity index (χ0n) is 12.8. The predicted octanol–water partition coefficient (Wildman–Crippen LogP) is 3.88. The topological polar surface area (TPSA) is 31.9 Å². The maximum atomic E-state index is 14.1. The zero-order chi connectivity index (χ0) is 15.3. The summed E-state index contributed by atoms with van der Waals surface area (Å²) in [5, 5.41) is 0.668. The van der Waals surface area contributed by atoms with Crippen LogP contribution in [0, 0.1) is 19.7 Å². The number of nitrogens with one attached hydrogen (secondary N) is 1. The van der Waals surface area contributed by atoms with Crippen molar-refractivity contribution in [1.29, 1.82) is 0 Å². The molecule has 1 aliphatic heterocycles. The Labute approximate surface area is 128 Å². The second-order valence-corrected chi connectivity index (χ2v) is 6.00. The van der Waals surface area contributed by atoms with E-state index in [1.54, 1.807) is 0 Å². The number of aryl methyl sites for hydroxylation is 2. The van der Waals surface area contributed by atoms with E-state index in [9.17, 15) is 4.39 Å². The summed E-state index contributed by atoms with van der Waals surface area (Å²) in [6.45, 7) is 5.65. The van der Waals surface area contributed by atoms with Gasteiger partial charge in [0.2, 0.25) is 0 Å². The van der Waals surface area contributed by atoms with Gasteiger partial charge in [0.05, 0.1) is 11.7 Å². The van der Waals surface area contributed by atoms with Crippen LogP contribution >= 0.6 is 0 Å². The minimum Gasteiger partial charge on any atom is -0.355 e. The fraction of sp³-hybridized carbons (Fsp3) is 0.278. The van der Waals surface area contributed by atoms with Gasteiger partial charge in [-0.1, -0.05) is 24.3 Å². The molecule has 22 heavy (non-hydrogen) atoms. The molecule has 4 heteroatoms. The van der Waals surface area contributed by atoms with Crippen molar-refractivity contribution < 1.29 is 4.39 Å². The van der Waals surface area contributed by atoms with E-state index in [-0.39, 0.29) is 5.82 Å². The first-order valence-electron chi connectivity index (χ1n) is 7.60. The molecule has 3 nitrogen and oxygen atoms in total. The van der Waals surface area contributed by atoms with Crippen LogP contribution in [0.4, 0.5) is 10.2 Å². The Morgan fingerprint density at radius 1 is 1.18 bits per heavy atom. The van der Waals surface area contributed by atoms with Gasteiger partial charge in [-0.3, -0.25) is 0 Å². The van der Waals surface area contributed by atoms with Crippen molar-refractivity contribution in [2.45, 2.75) is 26.8 Å². The van der Waals surface area contributed by atoms with Crippen LogP contribution < -0.4 is 4.90 Å². The van der Waals surface area contributed by atoms with Gasteiger partial charge in [0, 0.05) is 24.2 Å². The summed E-state index contributed by atoms with van der Waals surface area (Å²) in [5.41, 5.74) is 5.51. The summed E-state index contributed by atoms with van der Waals surface area (Å²) >= 11 is 0. The van der Waals surface area contributed by atoms with Crippen LogP contribution in [0.3, 0.4) is 0 Å². The van der Waals surface area contributed by atoms with Crippen molar-refractivity contribution in [2.24, 2.45) is 0 Å². The SMILES string of the molecule is Cc1[nH]c2c(N3CCc4ccccc4C3)ncc(F)c2c1C. The van der Waals surface area contributed by atoms with Crippen LogP contribution in [-0.4, -0.2) is 16.5 Å². The number of anilines is 1. The summed E-state index contributed by atoms with van der Waals surface area (Å²) in [4.78, 5) is 9.93. The molecule has 3 heterocycles. The lowest BCUT2D eigenvalue weighted by atomic mass is 10.00. The number of fused-ring (bicyclic) bond motifs is 2.